The lowest BCUT2D eigenvalue weighted by atomic mass is 9.46. The number of hydrogen-bond acceptors (Lipinski definition) is 3. The van der Waals surface area contributed by atoms with Crippen LogP contribution in [-0.2, 0) is 4.74 Å². The van der Waals surface area contributed by atoms with E-state index in [0.717, 1.165) is 24.8 Å². The highest BCUT2D eigenvalue weighted by molar-refractivity contribution is 5.67. The average Bonchev–Trinajstić information content (AvgIpc) is 2.52. The van der Waals surface area contributed by atoms with E-state index in [1.165, 1.54) is 6.42 Å². The molecule has 4 nitrogen and oxygen atoms in total. The Balaban J connectivity index is 2.34. The van der Waals surface area contributed by atoms with Crippen LogP contribution in [0.4, 0.5) is 4.79 Å². The second kappa shape index (κ2) is 7.38. The van der Waals surface area contributed by atoms with Crippen molar-refractivity contribution in [1.82, 2.24) is 5.32 Å². The normalized spacial score (nSPS) is 35.8. The van der Waals surface area contributed by atoms with Crippen LogP contribution >= 0.6 is 0 Å². The molecule has 0 aromatic rings. The van der Waals surface area contributed by atoms with Gasteiger partial charge in [-0.05, 0) is 49.4 Å². The van der Waals surface area contributed by atoms with Crippen LogP contribution in [-0.4, -0.2) is 30.0 Å². The number of carbonyl (C=O) groups excluding carboxylic acids is 1. The Kier molecular flexibility index (Phi) is 5.96. The van der Waals surface area contributed by atoms with E-state index in [1.807, 2.05) is 6.92 Å². The summed E-state index contributed by atoms with van der Waals surface area (Å²) in [5.41, 5.74) is 0.417. The molecule has 2 aliphatic rings. The molecule has 0 aromatic heterocycles. The van der Waals surface area contributed by atoms with E-state index < -0.39 is 5.60 Å². The topological polar surface area (TPSA) is 58.6 Å². The molecule has 2 rings (SSSR count). The third-order valence-corrected chi connectivity index (χ3v) is 7.05. The van der Waals surface area contributed by atoms with Gasteiger partial charge in [0.1, 0.15) is 6.10 Å². The van der Waals surface area contributed by atoms with E-state index in [9.17, 15) is 9.90 Å². The fraction of sp³-hybridized carbons (Fsp3) is 0.773. The van der Waals surface area contributed by atoms with Crippen LogP contribution in [0.25, 0.3) is 0 Å². The number of carbonyl (C=O) groups is 1. The van der Waals surface area contributed by atoms with Crippen molar-refractivity contribution in [1.29, 1.82) is 0 Å². The fourth-order valence-electron chi connectivity index (χ4n) is 5.81. The first-order chi connectivity index (χ1) is 12.0. The minimum Gasteiger partial charge on any atom is -0.446 e. The first-order valence-electron chi connectivity index (χ1n) is 9.89. The molecular weight excluding hydrogens is 326 g/mol. The van der Waals surface area contributed by atoms with Crippen molar-refractivity contribution in [3.05, 3.63) is 24.8 Å². The zero-order valence-corrected chi connectivity index (χ0v) is 17.2. The standard InChI is InChI=1S/C22H37NO3/c1-8-21(5,25)13-10-16-15(2)14-17(26-19(24)23-7)18-20(3,4)11-9-12-22(16,18)6/h8,16-18,25H,1-2,9-14H2,3-7H3,(H,23,24)/t16-,17-,18-,21+,22+/m0/s1. The van der Waals surface area contributed by atoms with Crippen LogP contribution in [0.15, 0.2) is 24.8 Å². The summed E-state index contributed by atoms with van der Waals surface area (Å²) in [5, 5.41) is 13.0. The quantitative estimate of drug-likeness (QED) is 0.687. The minimum absolute atomic E-state index is 0.0209. The number of ether oxygens (including phenoxy) is 1. The SMILES string of the molecule is C=C[C@@](C)(O)CC[C@H]1C(=C)C[C@H](OC(=O)NC)[C@H]2C(C)(C)CCC[C@]12C. The monoisotopic (exact) mass is 363 g/mol. The number of alkyl carbamates (subject to hydrolysis) is 1. The summed E-state index contributed by atoms with van der Waals surface area (Å²) in [6.45, 7) is 16.9. The molecule has 4 heteroatoms. The summed E-state index contributed by atoms with van der Waals surface area (Å²) >= 11 is 0. The van der Waals surface area contributed by atoms with E-state index in [1.54, 1.807) is 13.1 Å². The first kappa shape index (κ1) is 21.0. The van der Waals surface area contributed by atoms with Crippen LogP contribution in [0, 0.1) is 22.7 Å². The molecule has 1 amide bonds. The van der Waals surface area contributed by atoms with Crippen LogP contribution < -0.4 is 5.32 Å². The van der Waals surface area contributed by atoms with E-state index in [4.69, 9.17) is 4.74 Å². The van der Waals surface area contributed by atoms with Crippen molar-refractivity contribution in [3.63, 3.8) is 0 Å². The molecule has 148 valence electrons. The molecule has 0 unspecified atom stereocenters. The molecule has 0 heterocycles. The average molecular weight is 364 g/mol. The van der Waals surface area contributed by atoms with Crippen LogP contribution in [0.5, 0.6) is 0 Å². The van der Waals surface area contributed by atoms with Gasteiger partial charge in [-0.15, -0.1) is 6.58 Å². The Morgan fingerprint density at radius 1 is 1.42 bits per heavy atom. The second-order valence-corrected chi connectivity index (χ2v) is 9.53. The zero-order chi connectivity index (χ0) is 19.8. The van der Waals surface area contributed by atoms with Crippen molar-refractivity contribution >= 4 is 6.09 Å². The molecular formula is C22H37NO3. The largest absolute Gasteiger partial charge is 0.446 e. The molecule has 0 saturated heterocycles. The van der Waals surface area contributed by atoms with Gasteiger partial charge in [-0.3, -0.25) is 0 Å². The number of rotatable bonds is 5. The minimum atomic E-state index is -0.855. The van der Waals surface area contributed by atoms with Gasteiger partial charge in [-0.25, -0.2) is 4.79 Å². The van der Waals surface area contributed by atoms with Gasteiger partial charge in [0, 0.05) is 19.4 Å². The third-order valence-electron chi connectivity index (χ3n) is 7.05. The van der Waals surface area contributed by atoms with Crippen molar-refractivity contribution in [2.24, 2.45) is 22.7 Å². The predicted octanol–water partition coefficient (Wildman–Crippen LogP) is 4.84. The molecule has 0 aliphatic heterocycles. The lowest BCUT2D eigenvalue weighted by molar-refractivity contribution is -0.124. The van der Waals surface area contributed by atoms with Gasteiger partial charge >= 0.3 is 6.09 Å². The maximum atomic E-state index is 11.9. The molecule has 0 radical (unpaired) electrons. The Labute approximate surface area is 159 Å². The van der Waals surface area contributed by atoms with E-state index >= 15 is 0 Å². The Morgan fingerprint density at radius 2 is 2.08 bits per heavy atom. The fourth-order valence-corrected chi connectivity index (χ4v) is 5.81. The summed E-state index contributed by atoms with van der Waals surface area (Å²) in [5.74, 6) is 0.605. The summed E-state index contributed by atoms with van der Waals surface area (Å²) in [6, 6.07) is 0. The molecule has 0 aromatic carbocycles. The highest BCUT2D eigenvalue weighted by atomic mass is 16.6. The Hall–Kier alpha value is -1.29. The highest BCUT2D eigenvalue weighted by Gasteiger charge is 2.57. The third kappa shape index (κ3) is 4.00. The van der Waals surface area contributed by atoms with Gasteiger partial charge in [0.2, 0.25) is 0 Å². The van der Waals surface area contributed by atoms with Crippen LogP contribution in [0.3, 0.4) is 0 Å². The van der Waals surface area contributed by atoms with Gasteiger partial charge in [-0.1, -0.05) is 45.4 Å². The highest BCUT2D eigenvalue weighted by Crippen LogP contribution is 2.62. The molecule has 2 aliphatic carbocycles. The van der Waals surface area contributed by atoms with E-state index in [0.29, 0.717) is 18.8 Å². The molecule has 26 heavy (non-hydrogen) atoms. The van der Waals surface area contributed by atoms with Gasteiger partial charge in [0.25, 0.3) is 0 Å². The number of aliphatic hydroxyl groups is 1. The second-order valence-electron chi connectivity index (χ2n) is 9.53. The van der Waals surface area contributed by atoms with E-state index in [-0.39, 0.29) is 28.9 Å². The molecule has 2 N–H and O–H groups in total. The van der Waals surface area contributed by atoms with Gasteiger partial charge in [0.15, 0.2) is 0 Å². The Morgan fingerprint density at radius 3 is 2.65 bits per heavy atom. The van der Waals surface area contributed by atoms with Gasteiger partial charge in [0.05, 0.1) is 5.60 Å². The molecule has 2 saturated carbocycles. The smallest absolute Gasteiger partial charge is 0.407 e. The zero-order valence-electron chi connectivity index (χ0n) is 17.2. The Bertz CT molecular complexity index is 566. The number of nitrogens with one attached hydrogen (secondary N) is 1. The molecule has 0 bridgehead atoms. The molecule has 2 fully saturated rings. The lowest BCUT2D eigenvalue weighted by Crippen LogP contribution is -2.57. The lowest BCUT2D eigenvalue weighted by Gasteiger charge is -2.60. The van der Waals surface area contributed by atoms with Gasteiger partial charge < -0.3 is 15.2 Å². The first-order valence-corrected chi connectivity index (χ1v) is 9.89. The summed E-state index contributed by atoms with van der Waals surface area (Å²) in [7, 11) is 1.60. The van der Waals surface area contributed by atoms with Crippen molar-refractivity contribution in [2.75, 3.05) is 7.05 Å². The molecule has 0 spiro atoms. The predicted molar refractivity (Wildman–Crippen MR) is 106 cm³/mol. The van der Waals surface area contributed by atoms with Crippen LogP contribution in [0.2, 0.25) is 0 Å². The van der Waals surface area contributed by atoms with Gasteiger partial charge in [-0.2, -0.15) is 0 Å². The van der Waals surface area contributed by atoms with Crippen molar-refractivity contribution in [2.45, 2.75) is 77.9 Å². The van der Waals surface area contributed by atoms with Crippen LogP contribution in [0.1, 0.15) is 66.2 Å². The number of hydrogen-bond donors (Lipinski definition) is 2. The maximum Gasteiger partial charge on any atom is 0.407 e. The van der Waals surface area contributed by atoms with Crippen molar-refractivity contribution in [3.8, 4) is 0 Å². The number of amides is 1. The van der Waals surface area contributed by atoms with E-state index in [2.05, 4.69) is 39.2 Å². The maximum absolute atomic E-state index is 11.9. The van der Waals surface area contributed by atoms with Crippen molar-refractivity contribution < 1.29 is 14.6 Å². The molecule has 5 atom stereocenters. The summed E-state index contributed by atoms with van der Waals surface area (Å²) in [6.07, 6.45) is 6.81. The summed E-state index contributed by atoms with van der Waals surface area (Å²) in [4.78, 5) is 11.9. The summed E-state index contributed by atoms with van der Waals surface area (Å²) < 4.78 is 5.82. The number of fused-ring (bicyclic) bond motifs is 1.